The van der Waals surface area contributed by atoms with Crippen molar-refractivity contribution in [2.24, 2.45) is 0 Å². The normalized spacial score (nSPS) is 12.3. The van der Waals surface area contributed by atoms with Crippen LogP contribution in [0, 0.1) is 0 Å². The Morgan fingerprint density at radius 3 is 2.95 bits per heavy atom. The minimum absolute atomic E-state index is 0.111. The minimum Gasteiger partial charge on any atom is -0.354 e. The molecule has 0 spiro atoms. The van der Waals surface area contributed by atoms with Crippen molar-refractivity contribution < 1.29 is 4.21 Å². The smallest absolute Gasteiger partial charge is 0.241 e. The lowest BCUT2D eigenvalue weighted by Crippen LogP contribution is -2.11. The highest BCUT2D eigenvalue weighted by Gasteiger charge is 2.06. The number of halogens is 1. The van der Waals surface area contributed by atoms with E-state index in [-0.39, 0.29) is 5.28 Å². The van der Waals surface area contributed by atoms with Crippen LogP contribution in [0.5, 0.6) is 0 Å². The number of anilines is 1. The first kappa shape index (κ1) is 13.9. The molecule has 102 valence electrons. The Balaban J connectivity index is 2.03. The SMILES string of the molecule is CS(=O)CCCNc1nc(Cl)nc(-n2ccnc2)n1. The minimum atomic E-state index is -0.788. The van der Waals surface area contributed by atoms with Crippen LogP contribution in [0.25, 0.3) is 5.95 Å². The molecule has 0 fully saturated rings. The maximum absolute atomic E-state index is 10.9. The summed E-state index contributed by atoms with van der Waals surface area (Å²) in [6, 6.07) is 0. The molecule has 2 rings (SSSR count). The average molecular weight is 301 g/mol. The lowest BCUT2D eigenvalue weighted by Gasteiger charge is -2.06. The third kappa shape index (κ3) is 4.25. The van der Waals surface area contributed by atoms with Crippen LogP contribution in [-0.2, 0) is 10.8 Å². The first-order valence-corrected chi connectivity index (χ1v) is 7.69. The van der Waals surface area contributed by atoms with Gasteiger partial charge in [-0.05, 0) is 18.0 Å². The number of nitrogens with zero attached hydrogens (tertiary/aromatic N) is 5. The van der Waals surface area contributed by atoms with Gasteiger partial charge >= 0.3 is 0 Å². The first-order chi connectivity index (χ1) is 9.15. The van der Waals surface area contributed by atoms with Crippen LogP contribution in [0.15, 0.2) is 18.7 Å². The second-order valence-electron chi connectivity index (χ2n) is 3.76. The molecule has 0 aromatic carbocycles. The van der Waals surface area contributed by atoms with Gasteiger partial charge in [0.1, 0.15) is 6.33 Å². The van der Waals surface area contributed by atoms with Crippen molar-refractivity contribution in [2.45, 2.75) is 6.42 Å². The molecule has 0 saturated carbocycles. The summed E-state index contributed by atoms with van der Waals surface area (Å²) in [5.41, 5.74) is 0. The Kier molecular flexibility index (Phi) is 4.80. The molecule has 1 atom stereocenters. The molecule has 1 unspecified atom stereocenters. The van der Waals surface area contributed by atoms with Crippen LogP contribution in [0.2, 0.25) is 5.28 Å². The van der Waals surface area contributed by atoms with Gasteiger partial charge in [-0.1, -0.05) is 0 Å². The molecule has 7 nitrogen and oxygen atoms in total. The highest BCUT2D eigenvalue weighted by atomic mass is 35.5. The average Bonchev–Trinajstić information content (AvgIpc) is 2.87. The van der Waals surface area contributed by atoms with Crippen molar-refractivity contribution in [2.75, 3.05) is 23.9 Å². The van der Waals surface area contributed by atoms with E-state index in [1.54, 1.807) is 29.5 Å². The van der Waals surface area contributed by atoms with Gasteiger partial charge < -0.3 is 5.32 Å². The van der Waals surface area contributed by atoms with Crippen molar-refractivity contribution in [3.05, 3.63) is 24.0 Å². The predicted molar refractivity (Wildman–Crippen MR) is 74.0 cm³/mol. The lowest BCUT2D eigenvalue weighted by atomic mass is 10.5. The summed E-state index contributed by atoms with van der Waals surface area (Å²) in [7, 11) is -0.788. The van der Waals surface area contributed by atoms with E-state index in [1.165, 1.54) is 0 Å². The molecule has 0 amide bonds. The zero-order chi connectivity index (χ0) is 13.7. The van der Waals surface area contributed by atoms with Gasteiger partial charge in [0.15, 0.2) is 0 Å². The van der Waals surface area contributed by atoms with E-state index in [9.17, 15) is 4.21 Å². The van der Waals surface area contributed by atoms with Gasteiger partial charge in [0, 0.05) is 41.7 Å². The molecule has 2 heterocycles. The van der Waals surface area contributed by atoms with Gasteiger partial charge in [0.25, 0.3) is 0 Å². The van der Waals surface area contributed by atoms with Crippen LogP contribution < -0.4 is 5.32 Å². The molecule has 0 radical (unpaired) electrons. The quantitative estimate of drug-likeness (QED) is 0.798. The van der Waals surface area contributed by atoms with Crippen molar-refractivity contribution in [3.63, 3.8) is 0 Å². The Morgan fingerprint density at radius 1 is 1.42 bits per heavy atom. The van der Waals surface area contributed by atoms with Gasteiger partial charge in [-0.2, -0.15) is 15.0 Å². The molecule has 9 heteroatoms. The number of imidazole rings is 1. The van der Waals surface area contributed by atoms with E-state index < -0.39 is 10.8 Å². The summed E-state index contributed by atoms with van der Waals surface area (Å²) < 4.78 is 12.6. The van der Waals surface area contributed by atoms with Gasteiger partial charge in [-0.15, -0.1) is 0 Å². The summed E-state index contributed by atoms with van der Waals surface area (Å²) in [5, 5.41) is 3.14. The molecule has 0 aliphatic carbocycles. The van der Waals surface area contributed by atoms with Crippen LogP contribution in [-0.4, -0.2) is 47.3 Å². The van der Waals surface area contributed by atoms with Crippen molar-refractivity contribution >= 4 is 28.3 Å². The fourth-order valence-corrected chi connectivity index (χ4v) is 2.09. The molecule has 1 N–H and O–H groups in total. The number of nitrogens with one attached hydrogen (secondary N) is 1. The molecule has 0 saturated heterocycles. The van der Waals surface area contributed by atoms with Gasteiger partial charge in [0.05, 0.1) is 0 Å². The second kappa shape index (κ2) is 6.58. The molecule has 0 aliphatic rings. The maximum Gasteiger partial charge on any atom is 0.241 e. The molecule has 2 aromatic heterocycles. The van der Waals surface area contributed by atoms with Gasteiger partial charge in [0.2, 0.25) is 17.2 Å². The number of hydrogen-bond acceptors (Lipinski definition) is 6. The maximum atomic E-state index is 10.9. The summed E-state index contributed by atoms with van der Waals surface area (Å²) >= 11 is 5.85. The summed E-state index contributed by atoms with van der Waals surface area (Å²) in [6.45, 7) is 0.628. The molecular weight excluding hydrogens is 288 g/mol. The third-order valence-electron chi connectivity index (χ3n) is 2.22. The molecule has 0 aliphatic heterocycles. The zero-order valence-corrected chi connectivity index (χ0v) is 11.9. The van der Waals surface area contributed by atoms with Gasteiger partial charge in [-0.3, -0.25) is 8.78 Å². The monoisotopic (exact) mass is 300 g/mol. The van der Waals surface area contributed by atoms with Crippen molar-refractivity contribution in [3.8, 4) is 5.95 Å². The van der Waals surface area contributed by atoms with E-state index in [4.69, 9.17) is 11.6 Å². The largest absolute Gasteiger partial charge is 0.354 e. The molecule has 0 bridgehead atoms. The number of aromatic nitrogens is 5. The van der Waals surface area contributed by atoms with Crippen molar-refractivity contribution in [1.29, 1.82) is 0 Å². The summed E-state index contributed by atoms with van der Waals surface area (Å²) in [4.78, 5) is 16.1. The van der Waals surface area contributed by atoms with E-state index in [0.717, 1.165) is 6.42 Å². The second-order valence-corrected chi connectivity index (χ2v) is 5.65. The van der Waals surface area contributed by atoms with Gasteiger partial charge in [-0.25, -0.2) is 4.98 Å². The Hall–Kier alpha value is -1.54. The zero-order valence-electron chi connectivity index (χ0n) is 10.3. The first-order valence-electron chi connectivity index (χ1n) is 5.59. The van der Waals surface area contributed by atoms with E-state index in [0.29, 0.717) is 24.2 Å². The van der Waals surface area contributed by atoms with Crippen LogP contribution in [0.4, 0.5) is 5.95 Å². The summed E-state index contributed by atoms with van der Waals surface area (Å²) in [5.74, 6) is 1.44. The van der Waals surface area contributed by atoms with E-state index in [1.807, 2.05) is 0 Å². The van der Waals surface area contributed by atoms with Crippen LogP contribution in [0.3, 0.4) is 0 Å². The molecule has 19 heavy (non-hydrogen) atoms. The highest BCUT2D eigenvalue weighted by Crippen LogP contribution is 2.09. The lowest BCUT2D eigenvalue weighted by molar-refractivity contribution is 0.685. The predicted octanol–water partition coefficient (Wildman–Crippen LogP) is 0.891. The van der Waals surface area contributed by atoms with Crippen LogP contribution >= 0.6 is 11.6 Å². The Bertz CT molecular complexity index is 561. The van der Waals surface area contributed by atoms with Crippen molar-refractivity contribution in [1.82, 2.24) is 24.5 Å². The van der Waals surface area contributed by atoms with Crippen LogP contribution in [0.1, 0.15) is 6.42 Å². The van der Waals surface area contributed by atoms with E-state index >= 15 is 0 Å². The molecule has 2 aromatic rings. The number of rotatable bonds is 6. The molecular formula is C10H13ClN6OS. The Morgan fingerprint density at radius 2 is 2.26 bits per heavy atom. The fraction of sp³-hybridized carbons (Fsp3) is 0.400. The third-order valence-corrected chi connectivity index (χ3v) is 3.26. The highest BCUT2D eigenvalue weighted by molar-refractivity contribution is 7.84. The van der Waals surface area contributed by atoms with E-state index in [2.05, 4.69) is 25.3 Å². The standard InChI is InChI=1S/C10H13ClN6OS/c1-19(18)6-2-3-13-9-14-8(11)15-10(16-9)17-5-4-12-7-17/h4-5,7H,2-3,6H2,1H3,(H,13,14,15,16). The fourth-order valence-electron chi connectivity index (χ4n) is 1.39. The summed E-state index contributed by atoms with van der Waals surface area (Å²) in [6.07, 6.45) is 7.37. The number of hydrogen-bond donors (Lipinski definition) is 1. The topological polar surface area (TPSA) is 85.6 Å². The Labute approximate surface area is 117 Å².